The summed E-state index contributed by atoms with van der Waals surface area (Å²) >= 11 is 5.99. The van der Waals surface area contributed by atoms with Crippen molar-refractivity contribution in [3.8, 4) is 0 Å². The van der Waals surface area contributed by atoms with E-state index in [-0.39, 0.29) is 5.91 Å². The molecule has 6 heteroatoms. The second-order valence-corrected chi connectivity index (χ2v) is 8.12. The largest absolute Gasteiger partial charge is 0.338 e. The van der Waals surface area contributed by atoms with Crippen LogP contribution in [0.4, 0.5) is 10.5 Å². The van der Waals surface area contributed by atoms with Crippen LogP contribution in [0.2, 0.25) is 5.02 Å². The maximum atomic E-state index is 12.9. The molecular formula is C22H28ClN3O2. The molecule has 2 aromatic rings. The zero-order valence-corrected chi connectivity index (χ0v) is 17.6. The summed E-state index contributed by atoms with van der Waals surface area (Å²) in [7, 11) is 0. The first-order valence-corrected chi connectivity index (χ1v) is 9.85. The molecule has 28 heavy (non-hydrogen) atoms. The average molecular weight is 402 g/mol. The molecule has 2 aromatic carbocycles. The van der Waals surface area contributed by atoms with Crippen molar-refractivity contribution in [1.82, 2.24) is 10.4 Å². The van der Waals surface area contributed by atoms with E-state index >= 15 is 0 Å². The summed E-state index contributed by atoms with van der Waals surface area (Å²) < 4.78 is 0. The smallest absolute Gasteiger partial charge is 0.307 e. The number of nitrogens with one attached hydrogen (secondary N) is 2. The molecule has 0 radical (unpaired) electrons. The van der Waals surface area contributed by atoms with E-state index in [1.807, 2.05) is 45.0 Å². The molecule has 5 nitrogen and oxygen atoms in total. The Bertz CT molecular complexity index is 813. The number of benzene rings is 2. The summed E-state index contributed by atoms with van der Waals surface area (Å²) in [4.78, 5) is 25.4. The first-order valence-electron chi connectivity index (χ1n) is 9.47. The van der Waals surface area contributed by atoms with Gasteiger partial charge in [0.1, 0.15) is 0 Å². The Morgan fingerprint density at radius 3 is 2.32 bits per heavy atom. The van der Waals surface area contributed by atoms with Gasteiger partial charge in [-0.3, -0.25) is 4.79 Å². The minimum absolute atomic E-state index is 0.333. The van der Waals surface area contributed by atoms with Gasteiger partial charge in [-0.1, -0.05) is 43.1 Å². The monoisotopic (exact) mass is 401 g/mol. The number of anilines is 1. The van der Waals surface area contributed by atoms with E-state index in [2.05, 4.69) is 17.7 Å². The van der Waals surface area contributed by atoms with E-state index < -0.39 is 11.6 Å². The van der Waals surface area contributed by atoms with Crippen LogP contribution >= 0.6 is 11.6 Å². The molecule has 0 aliphatic carbocycles. The molecule has 2 rings (SSSR count). The molecule has 0 saturated carbocycles. The first kappa shape index (κ1) is 21.8. The second-order valence-electron chi connectivity index (χ2n) is 7.69. The SMILES string of the molecule is CCCCc1ccc(NC(=O)NN(C(=O)c2cccc(Cl)c2)C(C)(C)C)cc1. The molecular weight excluding hydrogens is 374 g/mol. The maximum Gasteiger partial charge on any atom is 0.338 e. The van der Waals surface area contributed by atoms with Gasteiger partial charge in [-0.2, -0.15) is 0 Å². The summed E-state index contributed by atoms with van der Waals surface area (Å²) in [5.74, 6) is -0.333. The third-order valence-electron chi connectivity index (χ3n) is 4.19. The number of carbonyl (C=O) groups is 2. The molecule has 0 heterocycles. The van der Waals surface area contributed by atoms with Crippen molar-refractivity contribution in [2.24, 2.45) is 0 Å². The zero-order valence-electron chi connectivity index (χ0n) is 16.9. The number of rotatable bonds is 5. The average Bonchev–Trinajstić information content (AvgIpc) is 2.64. The Morgan fingerprint density at radius 2 is 1.75 bits per heavy atom. The number of halogens is 1. The molecule has 150 valence electrons. The molecule has 0 fully saturated rings. The molecule has 0 saturated heterocycles. The van der Waals surface area contributed by atoms with E-state index in [1.165, 1.54) is 10.6 Å². The highest BCUT2D eigenvalue weighted by molar-refractivity contribution is 6.31. The lowest BCUT2D eigenvalue weighted by Crippen LogP contribution is -2.56. The number of hydrogen-bond acceptors (Lipinski definition) is 2. The number of urea groups is 1. The van der Waals surface area contributed by atoms with Gasteiger partial charge in [-0.05, 0) is 69.5 Å². The molecule has 0 aromatic heterocycles. The lowest BCUT2D eigenvalue weighted by atomic mass is 10.1. The number of aryl methyl sites for hydroxylation is 1. The van der Waals surface area contributed by atoms with Crippen molar-refractivity contribution in [2.45, 2.75) is 52.5 Å². The van der Waals surface area contributed by atoms with Crippen LogP contribution in [-0.4, -0.2) is 22.5 Å². The van der Waals surface area contributed by atoms with Crippen molar-refractivity contribution in [1.29, 1.82) is 0 Å². The van der Waals surface area contributed by atoms with Crippen LogP contribution in [0.15, 0.2) is 48.5 Å². The number of hydrazine groups is 1. The number of amides is 3. The third kappa shape index (κ3) is 6.27. The van der Waals surface area contributed by atoms with Crippen LogP contribution in [0, 0.1) is 0 Å². The Morgan fingerprint density at radius 1 is 1.07 bits per heavy atom. The summed E-state index contributed by atoms with van der Waals surface area (Å²) in [5, 5.41) is 4.55. The van der Waals surface area contributed by atoms with Gasteiger partial charge < -0.3 is 5.32 Å². The molecule has 0 unspecified atom stereocenters. The fraction of sp³-hybridized carbons (Fsp3) is 0.364. The highest BCUT2D eigenvalue weighted by Crippen LogP contribution is 2.18. The quantitative estimate of drug-likeness (QED) is 0.635. The van der Waals surface area contributed by atoms with E-state index in [9.17, 15) is 9.59 Å². The summed E-state index contributed by atoms with van der Waals surface area (Å²) in [6.07, 6.45) is 3.31. The normalized spacial score (nSPS) is 11.0. The third-order valence-corrected chi connectivity index (χ3v) is 4.42. The Kier molecular flexibility index (Phi) is 7.46. The number of nitrogens with zero attached hydrogens (tertiary/aromatic N) is 1. The van der Waals surface area contributed by atoms with Crippen LogP contribution in [0.1, 0.15) is 56.5 Å². The van der Waals surface area contributed by atoms with Crippen LogP contribution < -0.4 is 10.7 Å². The van der Waals surface area contributed by atoms with Gasteiger partial charge >= 0.3 is 6.03 Å². The summed E-state index contributed by atoms with van der Waals surface area (Å²) in [6.45, 7) is 7.70. The molecule has 0 aliphatic heterocycles. The van der Waals surface area contributed by atoms with Gasteiger partial charge in [-0.15, -0.1) is 0 Å². The van der Waals surface area contributed by atoms with Crippen molar-refractivity contribution >= 4 is 29.2 Å². The predicted octanol–water partition coefficient (Wildman–Crippen LogP) is 5.66. The fourth-order valence-electron chi connectivity index (χ4n) is 2.67. The van der Waals surface area contributed by atoms with E-state index in [1.54, 1.807) is 24.3 Å². The van der Waals surface area contributed by atoms with Crippen LogP contribution in [0.3, 0.4) is 0 Å². The Balaban J connectivity index is 2.08. The summed E-state index contributed by atoms with van der Waals surface area (Å²) in [5.41, 5.74) is 4.35. The van der Waals surface area contributed by atoms with Gasteiger partial charge in [0.25, 0.3) is 5.91 Å². The first-order chi connectivity index (χ1) is 13.2. The van der Waals surface area contributed by atoms with Crippen molar-refractivity contribution in [3.63, 3.8) is 0 Å². The highest BCUT2D eigenvalue weighted by Gasteiger charge is 2.29. The van der Waals surface area contributed by atoms with E-state index in [0.717, 1.165) is 19.3 Å². The topological polar surface area (TPSA) is 61.4 Å². The van der Waals surface area contributed by atoms with Crippen molar-refractivity contribution in [2.75, 3.05) is 5.32 Å². The standard InChI is InChI=1S/C22H28ClN3O2/c1-5-6-8-16-11-13-19(14-12-16)24-21(28)25-26(22(2,3)4)20(27)17-9-7-10-18(23)15-17/h7,9-15H,5-6,8H2,1-4H3,(H2,24,25,28). The zero-order chi connectivity index (χ0) is 20.7. The molecule has 0 aliphatic rings. The lowest BCUT2D eigenvalue weighted by molar-refractivity contribution is 0.0460. The maximum absolute atomic E-state index is 12.9. The van der Waals surface area contributed by atoms with Crippen LogP contribution in [0.25, 0.3) is 0 Å². The minimum atomic E-state index is -0.624. The second kappa shape index (κ2) is 9.60. The Hall–Kier alpha value is -2.53. The molecule has 0 bridgehead atoms. The van der Waals surface area contributed by atoms with Gasteiger partial charge in [0.2, 0.25) is 0 Å². The molecule has 0 atom stereocenters. The van der Waals surface area contributed by atoms with Gasteiger partial charge in [0.15, 0.2) is 0 Å². The van der Waals surface area contributed by atoms with E-state index in [4.69, 9.17) is 11.6 Å². The van der Waals surface area contributed by atoms with Crippen LogP contribution in [0.5, 0.6) is 0 Å². The van der Waals surface area contributed by atoms with E-state index in [0.29, 0.717) is 16.3 Å². The summed E-state index contributed by atoms with van der Waals surface area (Å²) in [6, 6.07) is 13.9. The Labute approximate surface area is 172 Å². The molecule has 2 N–H and O–H groups in total. The van der Waals surface area contributed by atoms with Gasteiger partial charge in [0, 0.05) is 16.3 Å². The number of carbonyl (C=O) groups excluding carboxylic acids is 2. The van der Waals surface area contributed by atoms with Gasteiger partial charge in [0.05, 0.1) is 5.54 Å². The molecule has 3 amide bonds. The number of unbranched alkanes of at least 4 members (excludes halogenated alkanes) is 1. The fourth-order valence-corrected chi connectivity index (χ4v) is 2.86. The predicted molar refractivity (Wildman–Crippen MR) is 115 cm³/mol. The minimum Gasteiger partial charge on any atom is -0.307 e. The molecule has 0 spiro atoms. The van der Waals surface area contributed by atoms with Crippen LogP contribution in [-0.2, 0) is 6.42 Å². The van der Waals surface area contributed by atoms with Crippen molar-refractivity contribution < 1.29 is 9.59 Å². The van der Waals surface area contributed by atoms with Crippen molar-refractivity contribution in [3.05, 3.63) is 64.7 Å². The van der Waals surface area contributed by atoms with Gasteiger partial charge in [-0.25, -0.2) is 15.2 Å². The number of hydrogen-bond donors (Lipinski definition) is 2. The highest BCUT2D eigenvalue weighted by atomic mass is 35.5. The lowest BCUT2D eigenvalue weighted by Gasteiger charge is -2.35.